The summed E-state index contributed by atoms with van der Waals surface area (Å²) >= 11 is 0. The molecule has 2 N–H and O–H groups in total. The number of hydrogen-bond acceptors (Lipinski definition) is 4. The van der Waals surface area contributed by atoms with E-state index in [0.717, 1.165) is 16.8 Å². The van der Waals surface area contributed by atoms with Crippen LogP contribution in [0.5, 0.6) is 0 Å². The van der Waals surface area contributed by atoms with Crippen LogP contribution in [0.4, 0.5) is 0 Å². The van der Waals surface area contributed by atoms with Gasteiger partial charge in [-0.3, -0.25) is 9.59 Å². The molecular formula is C20H19N3O3. The monoisotopic (exact) mass is 349 g/mol. The second kappa shape index (κ2) is 8.11. The standard InChI is InChI=1S/C20H19N3O3/c21-20(25)17-9-6-15(7-10-17)14-26-19(24)11-8-16-12-22-23(13-16)18-4-2-1-3-5-18/h1-7,9-10,12-13H,8,11,14H2,(H2,21,25). The van der Waals surface area contributed by atoms with E-state index in [4.69, 9.17) is 10.5 Å². The second-order valence-corrected chi connectivity index (χ2v) is 5.85. The van der Waals surface area contributed by atoms with Gasteiger partial charge in [-0.15, -0.1) is 0 Å². The van der Waals surface area contributed by atoms with Crippen molar-refractivity contribution in [3.63, 3.8) is 0 Å². The largest absolute Gasteiger partial charge is 0.461 e. The molecule has 0 aliphatic rings. The van der Waals surface area contributed by atoms with Gasteiger partial charge in [0.1, 0.15) is 6.61 Å². The maximum atomic E-state index is 11.9. The molecule has 0 saturated carbocycles. The minimum Gasteiger partial charge on any atom is -0.461 e. The zero-order chi connectivity index (χ0) is 18.4. The van der Waals surface area contributed by atoms with E-state index in [9.17, 15) is 9.59 Å². The Bertz CT molecular complexity index is 886. The first-order valence-corrected chi connectivity index (χ1v) is 8.25. The van der Waals surface area contributed by atoms with Crippen molar-refractivity contribution in [1.29, 1.82) is 0 Å². The van der Waals surface area contributed by atoms with Gasteiger partial charge >= 0.3 is 5.97 Å². The number of para-hydroxylation sites is 1. The molecule has 132 valence electrons. The fourth-order valence-electron chi connectivity index (χ4n) is 2.46. The van der Waals surface area contributed by atoms with Gasteiger partial charge in [0.25, 0.3) is 0 Å². The third kappa shape index (κ3) is 4.57. The molecule has 3 rings (SSSR count). The van der Waals surface area contributed by atoms with E-state index in [0.29, 0.717) is 12.0 Å². The zero-order valence-corrected chi connectivity index (χ0v) is 14.2. The SMILES string of the molecule is NC(=O)c1ccc(COC(=O)CCc2cnn(-c3ccccc3)c2)cc1. The maximum Gasteiger partial charge on any atom is 0.306 e. The lowest BCUT2D eigenvalue weighted by Crippen LogP contribution is -2.11. The lowest BCUT2D eigenvalue weighted by molar-refractivity contribution is -0.144. The smallest absolute Gasteiger partial charge is 0.306 e. The summed E-state index contributed by atoms with van der Waals surface area (Å²) in [5.74, 6) is -0.763. The summed E-state index contributed by atoms with van der Waals surface area (Å²) in [4.78, 5) is 22.9. The van der Waals surface area contributed by atoms with Gasteiger partial charge < -0.3 is 10.5 Å². The van der Waals surface area contributed by atoms with E-state index in [1.54, 1.807) is 35.1 Å². The fraction of sp³-hybridized carbons (Fsp3) is 0.150. The van der Waals surface area contributed by atoms with Gasteiger partial charge in [-0.1, -0.05) is 30.3 Å². The number of primary amides is 1. The molecule has 2 aromatic carbocycles. The van der Waals surface area contributed by atoms with E-state index in [2.05, 4.69) is 5.10 Å². The van der Waals surface area contributed by atoms with E-state index >= 15 is 0 Å². The number of esters is 1. The minimum absolute atomic E-state index is 0.168. The molecule has 0 radical (unpaired) electrons. The number of carbonyl (C=O) groups excluding carboxylic acids is 2. The van der Waals surface area contributed by atoms with Crippen LogP contribution in [0.3, 0.4) is 0 Å². The first-order chi connectivity index (χ1) is 12.6. The van der Waals surface area contributed by atoms with E-state index in [1.165, 1.54) is 0 Å². The van der Waals surface area contributed by atoms with Crippen LogP contribution in [0.2, 0.25) is 0 Å². The Labute approximate surface area is 151 Å². The van der Waals surface area contributed by atoms with Crippen molar-refractivity contribution in [2.75, 3.05) is 0 Å². The Balaban J connectivity index is 1.47. The normalized spacial score (nSPS) is 10.5. The molecule has 3 aromatic rings. The summed E-state index contributed by atoms with van der Waals surface area (Å²) in [6, 6.07) is 16.4. The summed E-state index contributed by atoms with van der Waals surface area (Å²) in [5, 5.41) is 4.31. The van der Waals surface area contributed by atoms with Crippen molar-refractivity contribution >= 4 is 11.9 Å². The summed E-state index contributed by atoms with van der Waals surface area (Å²) < 4.78 is 7.04. The Kier molecular flexibility index (Phi) is 5.43. The predicted molar refractivity (Wildman–Crippen MR) is 96.6 cm³/mol. The molecule has 0 bridgehead atoms. The lowest BCUT2D eigenvalue weighted by Gasteiger charge is -2.05. The Hall–Kier alpha value is -3.41. The molecule has 1 heterocycles. The van der Waals surface area contributed by atoms with Crippen molar-refractivity contribution in [2.24, 2.45) is 5.73 Å². The third-order valence-corrected chi connectivity index (χ3v) is 3.91. The van der Waals surface area contributed by atoms with E-state index in [-0.39, 0.29) is 19.0 Å². The first kappa shape index (κ1) is 17.4. The van der Waals surface area contributed by atoms with Crippen molar-refractivity contribution in [3.8, 4) is 5.69 Å². The molecule has 0 unspecified atom stereocenters. The molecule has 26 heavy (non-hydrogen) atoms. The van der Waals surface area contributed by atoms with Crippen LogP contribution in [0.15, 0.2) is 67.0 Å². The van der Waals surface area contributed by atoms with Crippen molar-refractivity contribution in [2.45, 2.75) is 19.4 Å². The van der Waals surface area contributed by atoms with Gasteiger partial charge in [0.05, 0.1) is 11.9 Å². The minimum atomic E-state index is -0.482. The molecular weight excluding hydrogens is 330 g/mol. The average molecular weight is 349 g/mol. The molecule has 6 heteroatoms. The molecule has 0 spiro atoms. The highest BCUT2D eigenvalue weighted by Crippen LogP contribution is 2.10. The Morgan fingerprint density at radius 3 is 2.42 bits per heavy atom. The number of aromatic nitrogens is 2. The zero-order valence-electron chi connectivity index (χ0n) is 14.2. The Morgan fingerprint density at radius 1 is 1.00 bits per heavy atom. The molecule has 1 aromatic heterocycles. The number of benzene rings is 2. The van der Waals surface area contributed by atoms with Crippen LogP contribution in [0, 0.1) is 0 Å². The van der Waals surface area contributed by atoms with Crippen LogP contribution in [0.25, 0.3) is 5.69 Å². The predicted octanol–water partition coefficient (Wildman–Crippen LogP) is 2.65. The molecule has 0 aliphatic carbocycles. The topological polar surface area (TPSA) is 87.2 Å². The van der Waals surface area contributed by atoms with E-state index in [1.807, 2.05) is 36.5 Å². The van der Waals surface area contributed by atoms with Crippen LogP contribution in [-0.4, -0.2) is 21.7 Å². The van der Waals surface area contributed by atoms with Gasteiger partial charge in [0.2, 0.25) is 5.91 Å². The van der Waals surface area contributed by atoms with Crippen LogP contribution >= 0.6 is 0 Å². The molecule has 6 nitrogen and oxygen atoms in total. The van der Waals surface area contributed by atoms with Crippen LogP contribution < -0.4 is 5.73 Å². The summed E-state index contributed by atoms with van der Waals surface area (Å²) in [5.41, 5.74) is 8.36. The average Bonchev–Trinajstić information content (AvgIpc) is 3.15. The highest BCUT2D eigenvalue weighted by atomic mass is 16.5. The number of hydrogen-bond donors (Lipinski definition) is 1. The quantitative estimate of drug-likeness (QED) is 0.664. The van der Waals surface area contributed by atoms with E-state index < -0.39 is 5.91 Å². The fourth-order valence-corrected chi connectivity index (χ4v) is 2.46. The number of ether oxygens (including phenoxy) is 1. The number of rotatable bonds is 7. The third-order valence-electron chi connectivity index (χ3n) is 3.91. The van der Waals surface area contributed by atoms with Gasteiger partial charge in [-0.25, -0.2) is 4.68 Å². The van der Waals surface area contributed by atoms with Crippen molar-refractivity contribution < 1.29 is 14.3 Å². The number of amides is 1. The summed E-state index contributed by atoms with van der Waals surface area (Å²) in [7, 11) is 0. The van der Waals surface area contributed by atoms with Crippen molar-refractivity contribution in [3.05, 3.63) is 83.7 Å². The highest BCUT2D eigenvalue weighted by Gasteiger charge is 2.07. The van der Waals surface area contributed by atoms with Gasteiger partial charge in [-0.05, 0) is 41.8 Å². The molecule has 0 aliphatic heterocycles. The van der Waals surface area contributed by atoms with Crippen molar-refractivity contribution in [1.82, 2.24) is 9.78 Å². The van der Waals surface area contributed by atoms with Gasteiger partial charge in [0.15, 0.2) is 0 Å². The Morgan fingerprint density at radius 2 is 1.73 bits per heavy atom. The first-order valence-electron chi connectivity index (χ1n) is 8.25. The number of nitrogens with two attached hydrogens (primary N) is 1. The lowest BCUT2D eigenvalue weighted by atomic mass is 10.1. The van der Waals surface area contributed by atoms with Crippen LogP contribution in [-0.2, 0) is 22.6 Å². The second-order valence-electron chi connectivity index (χ2n) is 5.85. The number of nitrogens with zero attached hydrogens (tertiary/aromatic N) is 2. The maximum absolute atomic E-state index is 11.9. The molecule has 1 amide bonds. The van der Waals surface area contributed by atoms with Gasteiger partial charge in [-0.2, -0.15) is 5.10 Å². The number of carbonyl (C=O) groups is 2. The van der Waals surface area contributed by atoms with Crippen LogP contribution in [0.1, 0.15) is 27.9 Å². The summed E-state index contributed by atoms with van der Waals surface area (Å²) in [6.07, 6.45) is 4.50. The number of aryl methyl sites for hydroxylation is 1. The molecule has 0 fully saturated rings. The van der Waals surface area contributed by atoms with Gasteiger partial charge in [0, 0.05) is 18.2 Å². The summed E-state index contributed by atoms with van der Waals surface area (Å²) in [6.45, 7) is 0.168. The molecule has 0 atom stereocenters. The molecule has 0 saturated heterocycles. The highest BCUT2D eigenvalue weighted by molar-refractivity contribution is 5.92.